The van der Waals surface area contributed by atoms with Crippen molar-refractivity contribution in [2.24, 2.45) is 5.92 Å². The third-order valence-electron chi connectivity index (χ3n) is 5.32. The summed E-state index contributed by atoms with van der Waals surface area (Å²) >= 11 is 5.95. The number of aromatic nitrogens is 1. The van der Waals surface area contributed by atoms with Crippen molar-refractivity contribution < 1.29 is 23.8 Å². The van der Waals surface area contributed by atoms with Gasteiger partial charge in [-0.05, 0) is 47.9 Å². The van der Waals surface area contributed by atoms with Gasteiger partial charge >= 0.3 is 0 Å². The molecule has 34 heavy (non-hydrogen) atoms. The Morgan fingerprint density at radius 3 is 2.65 bits per heavy atom. The molecule has 4 rings (SSSR count). The van der Waals surface area contributed by atoms with Crippen LogP contribution in [0.25, 0.3) is 5.76 Å². The number of ether oxygens (including phenoxy) is 1. The molecule has 0 spiro atoms. The molecule has 0 radical (unpaired) electrons. The number of rotatable bonds is 6. The smallest absolute Gasteiger partial charge is 0.300 e. The van der Waals surface area contributed by atoms with Crippen molar-refractivity contribution in [2.45, 2.75) is 19.9 Å². The molecular formula is C26H22ClFN2O4. The number of carbonyl (C=O) groups is 2. The monoisotopic (exact) mass is 480 g/mol. The van der Waals surface area contributed by atoms with Crippen molar-refractivity contribution in [1.82, 2.24) is 4.98 Å². The molecule has 2 heterocycles. The predicted octanol–water partition coefficient (Wildman–Crippen LogP) is 5.54. The first-order chi connectivity index (χ1) is 16.3. The van der Waals surface area contributed by atoms with Crippen LogP contribution in [-0.4, -0.2) is 28.4 Å². The first-order valence-electron chi connectivity index (χ1n) is 10.7. The molecule has 1 saturated heterocycles. The van der Waals surface area contributed by atoms with E-state index in [4.69, 9.17) is 16.3 Å². The van der Waals surface area contributed by atoms with E-state index in [1.807, 2.05) is 13.8 Å². The van der Waals surface area contributed by atoms with Crippen LogP contribution in [0, 0.1) is 11.7 Å². The van der Waals surface area contributed by atoms with E-state index in [1.165, 1.54) is 23.2 Å². The number of nitrogens with zero attached hydrogens (tertiary/aromatic N) is 2. The third kappa shape index (κ3) is 4.52. The summed E-state index contributed by atoms with van der Waals surface area (Å²) < 4.78 is 19.5. The third-order valence-corrected chi connectivity index (χ3v) is 5.61. The highest BCUT2D eigenvalue weighted by atomic mass is 35.5. The molecule has 1 atom stereocenters. The zero-order chi connectivity index (χ0) is 24.4. The maximum Gasteiger partial charge on any atom is 0.300 e. The first kappa shape index (κ1) is 23.4. The number of Topliss-reactive ketones (excluding diaryl/α,β-unsaturated/α-hetero) is 1. The Hall–Kier alpha value is -3.71. The Morgan fingerprint density at radius 2 is 1.97 bits per heavy atom. The molecule has 0 aliphatic carbocycles. The molecule has 0 bridgehead atoms. The van der Waals surface area contributed by atoms with Gasteiger partial charge in [0.1, 0.15) is 17.3 Å². The highest BCUT2D eigenvalue weighted by molar-refractivity contribution is 6.51. The molecular weight excluding hydrogens is 459 g/mol. The minimum Gasteiger partial charge on any atom is -0.507 e. The lowest BCUT2D eigenvalue weighted by atomic mass is 9.96. The van der Waals surface area contributed by atoms with Crippen LogP contribution in [0.3, 0.4) is 0 Å². The Bertz CT molecular complexity index is 1280. The number of aliphatic hydroxyl groups is 1. The molecule has 8 heteroatoms. The van der Waals surface area contributed by atoms with Crippen LogP contribution >= 0.6 is 11.6 Å². The number of anilines is 1. The average molecular weight is 481 g/mol. The van der Waals surface area contributed by atoms with Crippen LogP contribution in [0.1, 0.15) is 31.0 Å². The van der Waals surface area contributed by atoms with Gasteiger partial charge in [0.25, 0.3) is 11.7 Å². The maximum atomic E-state index is 13.8. The van der Waals surface area contributed by atoms with Crippen molar-refractivity contribution in [3.8, 4) is 5.75 Å². The SMILES string of the molecule is CC(C)COc1cccc(/C(O)=C2\C(=O)C(=O)N(c3ccc(F)c(Cl)c3)C2c2cccnc2)c1. The van der Waals surface area contributed by atoms with Gasteiger partial charge in [-0.1, -0.05) is 43.6 Å². The van der Waals surface area contributed by atoms with Crippen molar-refractivity contribution in [2.75, 3.05) is 11.5 Å². The molecule has 1 aromatic heterocycles. The molecule has 1 aliphatic heterocycles. The first-order valence-corrected chi connectivity index (χ1v) is 11.0. The lowest BCUT2D eigenvalue weighted by Gasteiger charge is -2.25. The van der Waals surface area contributed by atoms with E-state index in [2.05, 4.69) is 4.98 Å². The van der Waals surface area contributed by atoms with Crippen molar-refractivity contribution >= 4 is 34.7 Å². The molecule has 3 aromatic rings. The summed E-state index contributed by atoms with van der Waals surface area (Å²) in [6, 6.07) is 12.8. The zero-order valence-corrected chi connectivity index (χ0v) is 19.3. The fraction of sp³-hybridized carbons (Fsp3) is 0.192. The van der Waals surface area contributed by atoms with E-state index in [9.17, 15) is 19.1 Å². The minimum atomic E-state index is -0.990. The summed E-state index contributed by atoms with van der Waals surface area (Å²) in [7, 11) is 0. The maximum absolute atomic E-state index is 13.8. The lowest BCUT2D eigenvalue weighted by Crippen LogP contribution is -2.29. The zero-order valence-electron chi connectivity index (χ0n) is 18.5. The summed E-state index contributed by atoms with van der Waals surface area (Å²) in [5.41, 5.74) is 0.927. The highest BCUT2D eigenvalue weighted by Crippen LogP contribution is 2.42. The average Bonchev–Trinajstić information content (AvgIpc) is 3.10. The molecule has 1 amide bonds. The van der Waals surface area contributed by atoms with E-state index < -0.39 is 23.5 Å². The highest BCUT2D eigenvalue weighted by Gasteiger charge is 2.47. The van der Waals surface area contributed by atoms with Gasteiger partial charge in [-0.2, -0.15) is 0 Å². The van der Waals surface area contributed by atoms with Gasteiger partial charge in [-0.25, -0.2) is 4.39 Å². The number of pyridine rings is 1. The van der Waals surface area contributed by atoms with Gasteiger partial charge in [-0.3, -0.25) is 19.5 Å². The van der Waals surface area contributed by atoms with Gasteiger partial charge in [0.15, 0.2) is 0 Å². The Morgan fingerprint density at radius 1 is 1.18 bits per heavy atom. The topological polar surface area (TPSA) is 79.7 Å². The van der Waals surface area contributed by atoms with Crippen LogP contribution in [0.4, 0.5) is 10.1 Å². The minimum absolute atomic E-state index is 0.112. The van der Waals surface area contributed by atoms with E-state index >= 15 is 0 Å². The molecule has 1 N–H and O–H groups in total. The number of ketones is 1. The van der Waals surface area contributed by atoms with Crippen molar-refractivity contribution in [3.05, 3.63) is 94.5 Å². The normalized spacial score (nSPS) is 17.4. The number of hydrogen-bond donors (Lipinski definition) is 1. The number of halogens is 2. The summed E-state index contributed by atoms with van der Waals surface area (Å²) in [5, 5.41) is 11.0. The summed E-state index contributed by atoms with van der Waals surface area (Å²) in [6.45, 7) is 4.51. The quantitative estimate of drug-likeness (QED) is 0.285. The molecule has 2 aromatic carbocycles. The van der Waals surface area contributed by atoms with E-state index in [0.717, 1.165) is 6.07 Å². The molecule has 174 valence electrons. The van der Waals surface area contributed by atoms with Crippen LogP contribution in [0.15, 0.2) is 72.6 Å². The Kier molecular flexibility index (Phi) is 6.65. The van der Waals surface area contributed by atoms with E-state index in [0.29, 0.717) is 29.4 Å². The van der Waals surface area contributed by atoms with Gasteiger partial charge in [0.2, 0.25) is 0 Å². The number of amides is 1. The van der Waals surface area contributed by atoms with E-state index in [1.54, 1.807) is 42.6 Å². The molecule has 0 saturated carbocycles. The lowest BCUT2D eigenvalue weighted by molar-refractivity contribution is -0.132. The Labute approximate surface area is 201 Å². The largest absolute Gasteiger partial charge is 0.507 e. The van der Waals surface area contributed by atoms with Crippen LogP contribution in [0.2, 0.25) is 5.02 Å². The second kappa shape index (κ2) is 9.65. The molecule has 6 nitrogen and oxygen atoms in total. The van der Waals surface area contributed by atoms with Crippen molar-refractivity contribution in [3.63, 3.8) is 0 Å². The predicted molar refractivity (Wildman–Crippen MR) is 127 cm³/mol. The number of aliphatic hydroxyl groups excluding tert-OH is 1. The van der Waals surface area contributed by atoms with Crippen LogP contribution < -0.4 is 9.64 Å². The Balaban J connectivity index is 1.86. The summed E-state index contributed by atoms with van der Waals surface area (Å²) in [6.07, 6.45) is 3.06. The van der Waals surface area contributed by atoms with Crippen molar-refractivity contribution in [1.29, 1.82) is 0 Å². The number of carbonyl (C=O) groups excluding carboxylic acids is 2. The van der Waals surface area contributed by atoms with Gasteiger partial charge in [0.05, 0.1) is 23.2 Å². The second-order valence-electron chi connectivity index (χ2n) is 8.29. The molecule has 1 aliphatic rings. The van der Waals surface area contributed by atoms with E-state index in [-0.39, 0.29) is 22.0 Å². The summed E-state index contributed by atoms with van der Waals surface area (Å²) in [5.74, 6) is -1.92. The fourth-order valence-corrected chi connectivity index (χ4v) is 3.91. The standard InChI is InChI=1S/C26H22ClFN2O4/c1-15(2)14-34-19-7-3-5-16(11-19)24(31)22-23(17-6-4-10-29-13-17)30(26(33)25(22)32)18-8-9-21(28)20(27)12-18/h3-13,15,23,31H,14H2,1-2H3/b24-22+. The van der Waals surface area contributed by atoms with Gasteiger partial charge < -0.3 is 9.84 Å². The molecule has 1 fully saturated rings. The number of benzene rings is 2. The summed E-state index contributed by atoms with van der Waals surface area (Å²) in [4.78, 5) is 31.6. The van der Waals surface area contributed by atoms with Crippen LogP contribution in [-0.2, 0) is 9.59 Å². The van der Waals surface area contributed by atoms with Crippen LogP contribution in [0.5, 0.6) is 5.75 Å². The second-order valence-corrected chi connectivity index (χ2v) is 8.69. The number of hydrogen-bond acceptors (Lipinski definition) is 5. The van der Waals surface area contributed by atoms with Gasteiger partial charge in [0, 0.05) is 23.6 Å². The van der Waals surface area contributed by atoms with Gasteiger partial charge in [-0.15, -0.1) is 0 Å². The fourth-order valence-electron chi connectivity index (χ4n) is 3.74. The molecule has 1 unspecified atom stereocenters.